The number of fused-ring (bicyclic) bond motifs is 3. The van der Waals surface area contributed by atoms with Gasteiger partial charge >= 0.3 is 0 Å². The summed E-state index contributed by atoms with van der Waals surface area (Å²) in [6, 6.07) is 25.5. The van der Waals surface area contributed by atoms with Crippen LogP contribution in [0.5, 0.6) is 11.5 Å². The van der Waals surface area contributed by atoms with Gasteiger partial charge in [0, 0.05) is 17.5 Å². The highest BCUT2D eigenvalue weighted by atomic mass is 16.5. The van der Waals surface area contributed by atoms with Crippen LogP contribution in [0.15, 0.2) is 77.9 Å². The Balaban J connectivity index is 1.30. The molecule has 0 saturated carbocycles. The van der Waals surface area contributed by atoms with Crippen molar-refractivity contribution in [3.8, 4) is 11.5 Å². The number of hydrazone groups is 1. The molecule has 3 aromatic carbocycles. The molecule has 4 heteroatoms. The predicted octanol–water partition coefficient (Wildman–Crippen LogP) is 7.98. The number of hydrogen-bond acceptors (Lipinski definition) is 4. The zero-order valence-corrected chi connectivity index (χ0v) is 21.0. The van der Waals surface area contributed by atoms with E-state index in [-0.39, 0.29) is 12.3 Å². The molecule has 2 aliphatic heterocycles. The first-order valence-corrected chi connectivity index (χ1v) is 13.1. The van der Waals surface area contributed by atoms with Gasteiger partial charge in [0.1, 0.15) is 11.5 Å². The van der Waals surface area contributed by atoms with Gasteiger partial charge in [0.2, 0.25) is 6.23 Å². The number of ether oxygens (including phenoxy) is 2. The second kappa shape index (κ2) is 11.0. The van der Waals surface area contributed by atoms with Crippen molar-refractivity contribution in [1.82, 2.24) is 5.01 Å². The van der Waals surface area contributed by atoms with Crippen molar-refractivity contribution in [3.63, 3.8) is 0 Å². The summed E-state index contributed by atoms with van der Waals surface area (Å²) in [5.74, 6) is 1.86. The maximum atomic E-state index is 6.50. The zero-order chi connectivity index (χ0) is 24.0. The Morgan fingerprint density at radius 3 is 2.43 bits per heavy atom. The summed E-state index contributed by atoms with van der Waals surface area (Å²) in [4.78, 5) is 0. The van der Waals surface area contributed by atoms with Gasteiger partial charge in [0.25, 0.3) is 0 Å². The monoisotopic (exact) mass is 468 g/mol. The number of aryl methyl sites for hydroxylation is 1. The molecule has 2 atom stereocenters. The third-order valence-electron chi connectivity index (χ3n) is 7.02. The van der Waals surface area contributed by atoms with Crippen molar-refractivity contribution in [2.75, 3.05) is 6.61 Å². The number of hydrogen-bond donors (Lipinski definition) is 0. The van der Waals surface area contributed by atoms with E-state index < -0.39 is 0 Å². The highest BCUT2D eigenvalue weighted by Gasteiger charge is 2.40. The maximum absolute atomic E-state index is 6.50. The van der Waals surface area contributed by atoms with Crippen LogP contribution in [-0.4, -0.2) is 17.3 Å². The minimum Gasteiger partial charge on any atom is -0.494 e. The summed E-state index contributed by atoms with van der Waals surface area (Å²) in [5.41, 5.74) is 5.84. The van der Waals surface area contributed by atoms with Gasteiger partial charge < -0.3 is 9.47 Å². The number of nitrogens with zero attached hydrogens (tertiary/aromatic N) is 2. The van der Waals surface area contributed by atoms with Gasteiger partial charge in [-0.3, -0.25) is 0 Å². The standard InChI is InChI=1S/C31H36N2O2/c1-3-4-5-6-7-10-21-34-26-19-17-25(18-20-26)31-33-29(27-11-8-9-12-30(27)35-31)22-28(32-33)24-15-13-23(2)14-16-24/h8-9,11-20,29,31H,3-7,10,21-22H2,1-2H3/t29-,31+/m0/s1. The lowest BCUT2D eigenvalue weighted by atomic mass is 9.95. The molecule has 5 rings (SSSR count). The van der Waals surface area contributed by atoms with Crippen LogP contribution in [0.3, 0.4) is 0 Å². The Morgan fingerprint density at radius 1 is 0.886 bits per heavy atom. The first kappa shape index (κ1) is 23.5. The van der Waals surface area contributed by atoms with Crippen molar-refractivity contribution in [1.29, 1.82) is 0 Å². The zero-order valence-electron chi connectivity index (χ0n) is 21.0. The average molecular weight is 469 g/mol. The van der Waals surface area contributed by atoms with Crippen molar-refractivity contribution in [2.24, 2.45) is 5.10 Å². The van der Waals surface area contributed by atoms with Gasteiger partial charge in [-0.2, -0.15) is 5.10 Å². The Kier molecular flexibility index (Phi) is 7.37. The second-order valence-corrected chi connectivity index (χ2v) is 9.71. The molecule has 0 saturated heterocycles. The number of rotatable bonds is 10. The van der Waals surface area contributed by atoms with Crippen molar-refractivity contribution >= 4 is 5.71 Å². The largest absolute Gasteiger partial charge is 0.494 e. The molecule has 35 heavy (non-hydrogen) atoms. The lowest BCUT2D eigenvalue weighted by molar-refractivity contribution is -0.0190. The normalized spacial score (nSPS) is 18.5. The minimum absolute atomic E-state index is 0.171. The summed E-state index contributed by atoms with van der Waals surface area (Å²) in [5, 5.41) is 7.22. The Morgan fingerprint density at radius 2 is 1.63 bits per heavy atom. The van der Waals surface area contributed by atoms with Crippen molar-refractivity contribution in [2.45, 2.75) is 71.1 Å². The van der Waals surface area contributed by atoms with Gasteiger partial charge in [0.15, 0.2) is 0 Å². The van der Waals surface area contributed by atoms with E-state index in [1.54, 1.807) is 0 Å². The molecule has 0 bridgehead atoms. The highest BCUT2D eigenvalue weighted by Crippen LogP contribution is 2.47. The fraction of sp³-hybridized carbons (Fsp3) is 0.387. The van der Waals surface area contributed by atoms with Crippen LogP contribution >= 0.6 is 0 Å². The summed E-state index contributed by atoms with van der Waals surface area (Å²) in [6.07, 6.45) is 8.23. The smallest absolute Gasteiger partial charge is 0.213 e. The Bertz CT molecular complexity index is 1140. The molecule has 0 radical (unpaired) electrons. The molecule has 0 spiro atoms. The van der Waals surface area contributed by atoms with Crippen LogP contribution in [0.4, 0.5) is 0 Å². The molecule has 0 amide bonds. The van der Waals surface area contributed by atoms with E-state index in [1.165, 1.54) is 48.8 Å². The average Bonchev–Trinajstić information content (AvgIpc) is 3.34. The van der Waals surface area contributed by atoms with Crippen LogP contribution in [0, 0.1) is 6.92 Å². The predicted molar refractivity (Wildman–Crippen MR) is 142 cm³/mol. The van der Waals surface area contributed by atoms with E-state index >= 15 is 0 Å². The maximum Gasteiger partial charge on any atom is 0.213 e. The fourth-order valence-electron chi connectivity index (χ4n) is 4.98. The van der Waals surface area contributed by atoms with Crippen molar-refractivity contribution < 1.29 is 9.47 Å². The number of benzene rings is 3. The molecular weight excluding hydrogens is 432 g/mol. The SMILES string of the molecule is CCCCCCCCOc1ccc([C@H]2Oc3ccccc3[C@@H]3CC(c4ccc(C)cc4)=NN23)cc1. The molecular formula is C31H36N2O2. The van der Waals surface area contributed by atoms with Crippen LogP contribution in [0.1, 0.15) is 86.4 Å². The summed E-state index contributed by atoms with van der Waals surface area (Å²) >= 11 is 0. The molecule has 0 aromatic heterocycles. The van der Waals surface area contributed by atoms with E-state index in [9.17, 15) is 0 Å². The lowest BCUT2D eigenvalue weighted by Gasteiger charge is -2.38. The van der Waals surface area contributed by atoms with Gasteiger partial charge in [-0.05, 0) is 49.2 Å². The van der Waals surface area contributed by atoms with E-state index in [2.05, 4.69) is 85.6 Å². The molecule has 2 aliphatic rings. The van der Waals surface area contributed by atoms with E-state index in [0.29, 0.717) is 0 Å². The van der Waals surface area contributed by atoms with Crippen LogP contribution < -0.4 is 9.47 Å². The summed E-state index contributed by atoms with van der Waals surface area (Å²) in [6.45, 7) is 5.14. The molecule has 0 aliphatic carbocycles. The van der Waals surface area contributed by atoms with Crippen LogP contribution in [0.2, 0.25) is 0 Å². The topological polar surface area (TPSA) is 34.1 Å². The fourth-order valence-corrected chi connectivity index (χ4v) is 4.98. The third-order valence-corrected chi connectivity index (χ3v) is 7.02. The first-order valence-electron chi connectivity index (χ1n) is 13.1. The molecule has 3 aromatic rings. The molecule has 0 N–H and O–H groups in total. The molecule has 182 valence electrons. The molecule has 4 nitrogen and oxygen atoms in total. The first-order chi connectivity index (χ1) is 17.2. The van der Waals surface area contributed by atoms with Crippen molar-refractivity contribution in [3.05, 3.63) is 95.1 Å². The Hall–Kier alpha value is -3.27. The van der Waals surface area contributed by atoms with E-state index in [1.807, 2.05) is 6.07 Å². The summed E-state index contributed by atoms with van der Waals surface area (Å²) < 4.78 is 12.5. The van der Waals surface area contributed by atoms with Crippen LogP contribution in [0.25, 0.3) is 0 Å². The minimum atomic E-state index is -0.259. The van der Waals surface area contributed by atoms with E-state index in [4.69, 9.17) is 14.6 Å². The van der Waals surface area contributed by atoms with Crippen LogP contribution in [-0.2, 0) is 0 Å². The number of para-hydroxylation sites is 1. The number of unbranched alkanes of at least 4 members (excludes halogenated alkanes) is 5. The molecule has 0 fully saturated rings. The van der Waals surface area contributed by atoms with Gasteiger partial charge in [0.05, 0.1) is 18.4 Å². The second-order valence-electron chi connectivity index (χ2n) is 9.71. The summed E-state index contributed by atoms with van der Waals surface area (Å²) in [7, 11) is 0. The van der Waals surface area contributed by atoms with E-state index in [0.717, 1.165) is 42.2 Å². The van der Waals surface area contributed by atoms with Gasteiger partial charge in [-0.1, -0.05) is 87.1 Å². The molecule has 0 unspecified atom stereocenters. The lowest BCUT2D eigenvalue weighted by Crippen LogP contribution is -2.33. The third kappa shape index (κ3) is 5.37. The quantitative estimate of drug-likeness (QED) is 0.283. The molecule has 2 heterocycles. The Labute approximate surface area is 209 Å². The van der Waals surface area contributed by atoms with Gasteiger partial charge in [-0.25, -0.2) is 5.01 Å². The highest BCUT2D eigenvalue weighted by molar-refractivity contribution is 6.02. The van der Waals surface area contributed by atoms with Gasteiger partial charge in [-0.15, -0.1) is 0 Å².